The Hall–Kier alpha value is -1.56. The number of rotatable bonds is 7. The van der Waals surface area contributed by atoms with Gasteiger partial charge in [-0.15, -0.1) is 0 Å². The molecule has 1 aliphatic carbocycles. The van der Waals surface area contributed by atoms with Gasteiger partial charge in [0, 0.05) is 10.9 Å². The number of carbonyl (C=O) groups is 2. The zero-order chi connectivity index (χ0) is 17.4. The first-order valence-electron chi connectivity index (χ1n) is 8.33. The van der Waals surface area contributed by atoms with Crippen molar-refractivity contribution in [1.29, 1.82) is 0 Å². The van der Waals surface area contributed by atoms with Gasteiger partial charge in [-0.05, 0) is 43.5 Å². The summed E-state index contributed by atoms with van der Waals surface area (Å²) < 4.78 is 11.5. The summed E-state index contributed by atoms with van der Waals surface area (Å²) in [6.07, 6.45) is 5.19. The van der Waals surface area contributed by atoms with Crippen LogP contribution in [0.4, 0.5) is 0 Å². The number of amides is 1. The number of hydrogen-bond acceptors (Lipinski definition) is 4. The second-order valence-electron chi connectivity index (χ2n) is 6.09. The van der Waals surface area contributed by atoms with E-state index in [4.69, 9.17) is 9.47 Å². The molecular weight excluding hydrogens is 374 g/mol. The summed E-state index contributed by atoms with van der Waals surface area (Å²) in [7, 11) is 1.37. The first kappa shape index (κ1) is 18.8. The summed E-state index contributed by atoms with van der Waals surface area (Å²) in [5.74, 6) is 0.320. The third-order valence-electron chi connectivity index (χ3n) is 4.29. The topological polar surface area (TPSA) is 64.6 Å². The molecule has 6 heteroatoms. The van der Waals surface area contributed by atoms with Crippen molar-refractivity contribution in [3.8, 4) is 5.75 Å². The van der Waals surface area contributed by atoms with Gasteiger partial charge >= 0.3 is 5.97 Å². The summed E-state index contributed by atoms with van der Waals surface area (Å²) in [5.41, 5.74) is -0.837. The van der Waals surface area contributed by atoms with Crippen molar-refractivity contribution in [2.75, 3.05) is 13.7 Å². The van der Waals surface area contributed by atoms with Gasteiger partial charge in [-0.1, -0.05) is 35.2 Å². The lowest BCUT2D eigenvalue weighted by atomic mass is 9.81. The molecule has 0 aromatic heterocycles. The number of hydrogen-bond donors (Lipinski definition) is 1. The number of ether oxygens (including phenoxy) is 2. The number of esters is 1. The van der Waals surface area contributed by atoms with Crippen LogP contribution in [0.5, 0.6) is 5.75 Å². The van der Waals surface area contributed by atoms with Gasteiger partial charge in [0.25, 0.3) is 0 Å². The van der Waals surface area contributed by atoms with E-state index in [0.29, 0.717) is 32.3 Å². The van der Waals surface area contributed by atoms with Crippen LogP contribution < -0.4 is 10.1 Å². The Morgan fingerprint density at radius 1 is 1.17 bits per heavy atom. The molecule has 0 saturated heterocycles. The highest BCUT2D eigenvalue weighted by Crippen LogP contribution is 2.29. The lowest BCUT2D eigenvalue weighted by molar-refractivity contribution is -0.152. The van der Waals surface area contributed by atoms with Crippen molar-refractivity contribution in [1.82, 2.24) is 5.32 Å². The second-order valence-corrected chi connectivity index (χ2v) is 7.00. The molecule has 1 amide bonds. The fraction of sp³-hybridized carbons (Fsp3) is 0.556. The van der Waals surface area contributed by atoms with Crippen molar-refractivity contribution in [3.05, 3.63) is 28.7 Å². The molecule has 0 aliphatic heterocycles. The molecule has 132 valence electrons. The van der Waals surface area contributed by atoms with E-state index in [1.807, 2.05) is 24.3 Å². The molecule has 0 atom stereocenters. The molecule has 0 heterocycles. The lowest BCUT2D eigenvalue weighted by Gasteiger charge is -2.35. The molecule has 1 aromatic carbocycles. The van der Waals surface area contributed by atoms with Crippen LogP contribution in [-0.2, 0) is 14.3 Å². The van der Waals surface area contributed by atoms with Gasteiger partial charge in [-0.25, -0.2) is 4.79 Å². The average Bonchev–Trinajstić information content (AvgIpc) is 2.60. The standard InChI is InChI=1S/C18H24BrNO4/c1-23-17(22)18(11-3-2-4-12-18)20-16(21)6-5-13-24-15-9-7-14(19)8-10-15/h7-10H,2-6,11-13H2,1H3,(H,20,21). The van der Waals surface area contributed by atoms with Gasteiger partial charge in [0.15, 0.2) is 0 Å². The first-order chi connectivity index (χ1) is 11.6. The predicted molar refractivity (Wildman–Crippen MR) is 94.8 cm³/mol. The molecule has 5 nitrogen and oxygen atoms in total. The van der Waals surface area contributed by atoms with Gasteiger partial charge in [0.2, 0.25) is 5.91 Å². The number of halogens is 1. The number of nitrogens with one attached hydrogen (secondary N) is 1. The average molecular weight is 398 g/mol. The largest absolute Gasteiger partial charge is 0.494 e. The minimum Gasteiger partial charge on any atom is -0.494 e. The molecule has 1 aliphatic rings. The van der Waals surface area contributed by atoms with Crippen LogP contribution in [0.1, 0.15) is 44.9 Å². The maximum absolute atomic E-state index is 12.2. The normalized spacial score (nSPS) is 16.2. The Labute approximate surface area is 151 Å². The number of methoxy groups -OCH3 is 1. The number of carbonyl (C=O) groups excluding carboxylic acids is 2. The van der Waals surface area contributed by atoms with E-state index in [0.717, 1.165) is 29.5 Å². The molecular formula is C18H24BrNO4. The van der Waals surface area contributed by atoms with Crippen LogP contribution in [0, 0.1) is 0 Å². The Bertz CT molecular complexity index is 553. The minimum atomic E-state index is -0.837. The van der Waals surface area contributed by atoms with Crippen LogP contribution >= 0.6 is 15.9 Å². The van der Waals surface area contributed by atoms with Crippen molar-refractivity contribution in [2.45, 2.75) is 50.5 Å². The van der Waals surface area contributed by atoms with Crippen molar-refractivity contribution in [3.63, 3.8) is 0 Å². The van der Waals surface area contributed by atoms with Crippen LogP contribution in [0.2, 0.25) is 0 Å². The zero-order valence-corrected chi connectivity index (χ0v) is 15.6. The Balaban J connectivity index is 1.76. The maximum Gasteiger partial charge on any atom is 0.331 e. The van der Waals surface area contributed by atoms with E-state index in [-0.39, 0.29) is 11.9 Å². The predicted octanol–water partition coefficient (Wildman–Crippen LogP) is 3.60. The Kier molecular flexibility index (Phi) is 7.09. The molecule has 0 spiro atoms. The zero-order valence-electron chi connectivity index (χ0n) is 14.0. The highest BCUT2D eigenvalue weighted by atomic mass is 79.9. The van der Waals surface area contributed by atoms with E-state index in [9.17, 15) is 9.59 Å². The summed E-state index contributed by atoms with van der Waals surface area (Å²) in [6.45, 7) is 0.459. The van der Waals surface area contributed by atoms with E-state index in [1.54, 1.807) is 0 Å². The van der Waals surface area contributed by atoms with E-state index in [2.05, 4.69) is 21.2 Å². The van der Waals surface area contributed by atoms with Crippen LogP contribution in [0.15, 0.2) is 28.7 Å². The molecule has 1 aromatic rings. The fourth-order valence-corrected chi connectivity index (χ4v) is 3.28. The molecule has 2 rings (SSSR count). The van der Waals surface area contributed by atoms with E-state index in [1.165, 1.54) is 7.11 Å². The van der Waals surface area contributed by atoms with Crippen LogP contribution in [0.25, 0.3) is 0 Å². The van der Waals surface area contributed by atoms with Gasteiger partial charge in [-0.3, -0.25) is 4.79 Å². The first-order valence-corrected chi connectivity index (χ1v) is 9.13. The highest BCUT2D eigenvalue weighted by molar-refractivity contribution is 9.10. The molecule has 24 heavy (non-hydrogen) atoms. The van der Waals surface area contributed by atoms with Crippen LogP contribution in [-0.4, -0.2) is 31.1 Å². The smallest absolute Gasteiger partial charge is 0.331 e. The monoisotopic (exact) mass is 397 g/mol. The van der Waals surface area contributed by atoms with Crippen molar-refractivity contribution < 1.29 is 19.1 Å². The SMILES string of the molecule is COC(=O)C1(NC(=O)CCCOc2ccc(Br)cc2)CCCCC1. The van der Waals surface area contributed by atoms with Crippen molar-refractivity contribution >= 4 is 27.8 Å². The maximum atomic E-state index is 12.2. The lowest BCUT2D eigenvalue weighted by Crippen LogP contribution is -2.56. The summed E-state index contributed by atoms with van der Waals surface area (Å²) in [5, 5.41) is 2.91. The third-order valence-corrected chi connectivity index (χ3v) is 4.82. The van der Waals surface area contributed by atoms with Gasteiger partial charge in [0.05, 0.1) is 13.7 Å². The summed E-state index contributed by atoms with van der Waals surface area (Å²) in [6, 6.07) is 7.56. The quantitative estimate of drug-likeness (QED) is 0.563. The van der Waals surface area contributed by atoms with Gasteiger partial charge in [0.1, 0.15) is 11.3 Å². The summed E-state index contributed by atoms with van der Waals surface area (Å²) in [4.78, 5) is 24.3. The molecule has 0 unspecified atom stereocenters. The minimum absolute atomic E-state index is 0.123. The van der Waals surface area contributed by atoms with Gasteiger partial charge in [-0.2, -0.15) is 0 Å². The highest BCUT2D eigenvalue weighted by Gasteiger charge is 2.41. The molecule has 1 saturated carbocycles. The molecule has 1 N–H and O–H groups in total. The second kappa shape index (κ2) is 9.06. The van der Waals surface area contributed by atoms with Crippen molar-refractivity contribution in [2.24, 2.45) is 0 Å². The summed E-state index contributed by atoms with van der Waals surface area (Å²) >= 11 is 3.37. The van der Waals surface area contributed by atoms with E-state index >= 15 is 0 Å². The number of benzene rings is 1. The third kappa shape index (κ3) is 5.23. The van der Waals surface area contributed by atoms with Gasteiger partial charge < -0.3 is 14.8 Å². The Morgan fingerprint density at radius 3 is 2.46 bits per heavy atom. The molecule has 0 bridgehead atoms. The fourth-order valence-electron chi connectivity index (χ4n) is 3.01. The van der Waals surface area contributed by atoms with Crippen LogP contribution in [0.3, 0.4) is 0 Å². The van der Waals surface area contributed by atoms with E-state index < -0.39 is 5.54 Å². The molecule has 0 radical (unpaired) electrons. The molecule has 1 fully saturated rings. The Morgan fingerprint density at radius 2 is 1.83 bits per heavy atom.